The lowest BCUT2D eigenvalue weighted by Gasteiger charge is -2.17. The topological polar surface area (TPSA) is 59.5 Å². The van der Waals surface area contributed by atoms with E-state index in [2.05, 4.69) is 16.8 Å². The van der Waals surface area contributed by atoms with Gasteiger partial charge in [-0.3, -0.25) is 14.6 Å². The van der Waals surface area contributed by atoms with Crippen LogP contribution in [0.1, 0.15) is 29.7 Å². The highest BCUT2D eigenvalue weighted by atomic mass is 19.1. The predicted molar refractivity (Wildman–Crippen MR) is 92.9 cm³/mol. The van der Waals surface area contributed by atoms with Gasteiger partial charge in [-0.15, -0.1) is 5.92 Å². The first-order valence-corrected chi connectivity index (χ1v) is 8.06. The number of amides is 1. The number of carbonyl (C=O) groups excluding carboxylic acids is 2. The number of rotatable bonds is 4. The molecule has 0 saturated carbocycles. The Balaban J connectivity index is 1.95. The maximum absolute atomic E-state index is 14.7. The van der Waals surface area contributed by atoms with Gasteiger partial charge in [0.15, 0.2) is 5.78 Å². The first-order valence-electron chi connectivity index (χ1n) is 8.06. The Morgan fingerprint density at radius 3 is 2.81 bits per heavy atom. The highest BCUT2D eigenvalue weighted by Crippen LogP contribution is 2.36. The molecule has 5 nitrogen and oxygen atoms in total. The summed E-state index contributed by atoms with van der Waals surface area (Å²) in [7, 11) is 1.37. The van der Waals surface area contributed by atoms with Gasteiger partial charge in [-0.25, -0.2) is 4.39 Å². The van der Waals surface area contributed by atoms with Crippen molar-refractivity contribution in [2.75, 3.05) is 13.7 Å². The molecule has 3 rings (SSSR count). The van der Waals surface area contributed by atoms with Crippen molar-refractivity contribution in [1.82, 2.24) is 9.88 Å². The standard InChI is InChI=1S/C20H17FN2O3/c1-3-6-13-9-15(21)18(17(10-13)26-2)19-16(24)12-23(20(19)25)11-14-7-4-5-8-22-14/h4-5,7-10,19H,11-12H2,1-2H3. The average Bonchev–Trinajstić information content (AvgIpc) is 2.89. The quantitative estimate of drug-likeness (QED) is 0.626. The maximum Gasteiger partial charge on any atom is 0.238 e. The normalized spacial score (nSPS) is 16.4. The third kappa shape index (κ3) is 3.29. The summed E-state index contributed by atoms with van der Waals surface area (Å²) in [5, 5.41) is 0. The van der Waals surface area contributed by atoms with Crippen molar-refractivity contribution in [3.05, 3.63) is 59.2 Å². The molecule has 2 aromatic rings. The summed E-state index contributed by atoms with van der Waals surface area (Å²) in [4.78, 5) is 30.8. The Morgan fingerprint density at radius 2 is 2.15 bits per heavy atom. The van der Waals surface area contributed by atoms with Gasteiger partial charge < -0.3 is 9.64 Å². The first-order chi connectivity index (χ1) is 12.5. The number of aromatic nitrogens is 1. The lowest BCUT2D eigenvalue weighted by Crippen LogP contribution is -2.27. The van der Waals surface area contributed by atoms with Gasteiger partial charge >= 0.3 is 0 Å². The monoisotopic (exact) mass is 352 g/mol. The number of ether oxygens (including phenoxy) is 1. The number of hydrogen-bond acceptors (Lipinski definition) is 4. The zero-order chi connectivity index (χ0) is 18.7. The van der Waals surface area contributed by atoms with Gasteiger partial charge in [-0.2, -0.15) is 0 Å². The van der Waals surface area contributed by atoms with Crippen molar-refractivity contribution < 1.29 is 18.7 Å². The molecule has 0 aliphatic carbocycles. The number of carbonyl (C=O) groups is 2. The summed E-state index contributed by atoms with van der Waals surface area (Å²) in [5.74, 6) is 2.88. The summed E-state index contributed by atoms with van der Waals surface area (Å²) in [6, 6.07) is 8.10. The molecule has 2 heterocycles. The SMILES string of the molecule is CC#Cc1cc(F)c(C2C(=O)CN(Cc3ccccn3)C2=O)c(OC)c1. The fraction of sp³-hybridized carbons (Fsp3) is 0.250. The van der Waals surface area contributed by atoms with Gasteiger partial charge in [0, 0.05) is 17.3 Å². The minimum atomic E-state index is -1.21. The Labute approximate surface area is 150 Å². The van der Waals surface area contributed by atoms with Crippen molar-refractivity contribution in [3.8, 4) is 17.6 Å². The van der Waals surface area contributed by atoms with Crippen LogP contribution in [0.25, 0.3) is 0 Å². The van der Waals surface area contributed by atoms with Gasteiger partial charge in [-0.1, -0.05) is 12.0 Å². The number of halogens is 1. The number of Topliss-reactive ketones (excluding diaryl/α,β-unsaturated/α-hetero) is 1. The van der Waals surface area contributed by atoms with E-state index in [0.29, 0.717) is 11.3 Å². The van der Waals surface area contributed by atoms with Crippen molar-refractivity contribution >= 4 is 11.7 Å². The van der Waals surface area contributed by atoms with E-state index in [0.717, 1.165) is 0 Å². The lowest BCUT2D eigenvalue weighted by atomic mass is 9.94. The second-order valence-corrected chi connectivity index (χ2v) is 5.86. The molecule has 1 saturated heterocycles. The average molecular weight is 352 g/mol. The van der Waals surface area contributed by atoms with Crippen molar-refractivity contribution in [3.63, 3.8) is 0 Å². The number of hydrogen-bond donors (Lipinski definition) is 0. The molecule has 1 aromatic carbocycles. The van der Waals surface area contributed by atoms with Gasteiger partial charge in [0.2, 0.25) is 5.91 Å². The number of benzene rings is 1. The number of ketones is 1. The van der Waals surface area contributed by atoms with Crippen LogP contribution in [0.2, 0.25) is 0 Å². The molecule has 0 radical (unpaired) electrons. The molecule has 1 unspecified atom stereocenters. The molecule has 1 amide bonds. The van der Waals surface area contributed by atoms with Gasteiger partial charge in [-0.05, 0) is 31.2 Å². The minimum absolute atomic E-state index is 0.0346. The third-order valence-electron chi connectivity index (χ3n) is 4.18. The van der Waals surface area contributed by atoms with Crippen LogP contribution in [0.5, 0.6) is 5.75 Å². The molecule has 1 fully saturated rings. The molecule has 6 heteroatoms. The van der Waals surface area contributed by atoms with E-state index in [1.54, 1.807) is 31.3 Å². The molecule has 1 aliphatic heterocycles. The third-order valence-corrected chi connectivity index (χ3v) is 4.18. The van der Waals surface area contributed by atoms with E-state index in [1.807, 2.05) is 0 Å². The number of methoxy groups -OCH3 is 1. The Morgan fingerprint density at radius 1 is 1.35 bits per heavy atom. The zero-order valence-corrected chi connectivity index (χ0v) is 14.5. The molecular weight excluding hydrogens is 335 g/mol. The van der Waals surface area contributed by atoms with Gasteiger partial charge in [0.05, 0.1) is 25.9 Å². The minimum Gasteiger partial charge on any atom is -0.496 e. The second kappa shape index (κ2) is 7.36. The predicted octanol–water partition coefficient (Wildman–Crippen LogP) is 2.30. The molecule has 26 heavy (non-hydrogen) atoms. The maximum atomic E-state index is 14.7. The van der Waals surface area contributed by atoms with Crippen LogP contribution in [0.4, 0.5) is 4.39 Å². The Hall–Kier alpha value is -3.20. The molecule has 1 aliphatic rings. The van der Waals surface area contributed by atoms with E-state index in [1.165, 1.54) is 24.1 Å². The Bertz CT molecular complexity index is 916. The van der Waals surface area contributed by atoms with Crippen LogP contribution >= 0.6 is 0 Å². The van der Waals surface area contributed by atoms with Crippen LogP contribution in [0.15, 0.2) is 36.5 Å². The van der Waals surface area contributed by atoms with Crippen LogP contribution in [0, 0.1) is 17.7 Å². The summed E-state index contributed by atoms with van der Waals surface area (Å²) in [5.41, 5.74) is 1.05. The number of pyridine rings is 1. The first kappa shape index (κ1) is 17.6. The second-order valence-electron chi connectivity index (χ2n) is 5.86. The van der Waals surface area contributed by atoms with Crippen LogP contribution in [-0.4, -0.2) is 35.2 Å². The van der Waals surface area contributed by atoms with E-state index < -0.39 is 17.6 Å². The molecule has 1 aromatic heterocycles. The molecule has 0 bridgehead atoms. The number of nitrogens with zero attached hydrogens (tertiary/aromatic N) is 2. The summed E-state index contributed by atoms with van der Waals surface area (Å²) in [6.45, 7) is 1.75. The van der Waals surface area contributed by atoms with Crippen molar-refractivity contribution in [2.45, 2.75) is 19.4 Å². The molecule has 0 N–H and O–H groups in total. The fourth-order valence-corrected chi connectivity index (χ4v) is 3.04. The van der Waals surface area contributed by atoms with Crippen LogP contribution in [-0.2, 0) is 16.1 Å². The largest absolute Gasteiger partial charge is 0.496 e. The van der Waals surface area contributed by atoms with E-state index in [4.69, 9.17) is 4.74 Å². The van der Waals surface area contributed by atoms with Crippen LogP contribution in [0.3, 0.4) is 0 Å². The fourth-order valence-electron chi connectivity index (χ4n) is 3.04. The molecule has 0 spiro atoms. The lowest BCUT2D eigenvalue weighted by molar-refractivity contribution is -0.130. The molecule has 132 valence electrons. The zero-order valence-electron chi connectivity index (χ0n) is 14.5. The highest BCUT2D eigenvalue weighted by Gasteiger charge is 2.43. The molecule has 1 atom stereocenters. The van der Waals surface area contributed by atoms with E-state index in [9.17, 15) is 14.0 Å². The van der Waals surface area contributed by atoms with Crippen molar-refractivity contribution in [1.29, 1.82) is 0 Å². The summed E-state index contributed by atoms with van der Waals surface area (Å²) >= 11 is 0. The molecular formula is C20H17FN2O3. The van der Waals surface area contributed by atoms with E-state index >= 15 is 0 Å². The van der Waals surface area contributed by atoms with Gasteiger partial charge in [0.25, 0.3) is 0 Å². The van der Waals surface area contributed by atoms with E-state index in [-0.39, 0.29) is 30.2 Å². The van der Waals surface area contributed by atoms with Gasteiger partial charge in [0.1, 0.15) is 17.5 Å². The highest BCUT2D eigenvalue weighted by molar-refractivity contribution is 6.13. The smallest absolute Gasteiger partial charge is 0.238 e. The summed E-state index contributed by atoms with van der Waals surface area (Å²) in [6.07, 6.45) is 1.62. The Kier molecular flexibility index (Phi) is 4.99. The van der Waals surface area contributed by atoms with Crippen molar-refractivity contribution in [2.24, 2.45) is 0 Å². The number of likely N-dealkylation sites (tertiary alicyclic amines) is 1. The van der Waals surface area contributed by atoms with Crippen LogP contribution < -0.4 is 4.74 Å². The summed E-state index contributed by atoms with van der Waals surface area (Å²) < 4.78 is 19.9.